The Hall–Kier alpha value is -2.90. The molecule has 33 heavy (non-hydrogen) atoms. The molecule has 2 aliphatic heterocycles. The highest BCUT2D eigenvalue weighted by atomic mass is 35.5. The second-order valence-electron chi connectivity index (χ2n) is 8.42. The first-order valence-corrected chi connectivity index (χ1v) is 11.3. The monoisotopic (exact) mass is 487 g/mol. The van der Waals surface area contributed by atoms with Crippen LogP contribution in [0.5, 0.6) is 0 Å². The number of hydrogen-bond acceptors (Lipinski definition) is 5. The smallest absolute Gasteiger partial charge is 0.255 e. The van der Waals surface area contributed by atoms with E-state index in [9.17, 15) is 14.4 Å². The van der Waals surface area contributed by atoms with Crippen molar-refractivity contribution in [3.63, 3.8) is 0 Å². The maximum Gasteiger partial charge on any atom is 0.255 e. The zero-order valence-corrected chi connectivity index (χ0v) is 20.0. The molecule has 3 amide bonds. The third kappa shape index (κ3) is 4.48. The third-order valence-electron chi connectivity index (χ3n) is 5.98. The van der Waals surface area contributed by atoms with Crippen LogP contribution in [0, 0.1) is 6.92 Å². The zero-order chi connectivity index (χ0) is 23.9. The number of likely N-dealkylation sites (N-methyl/N-ethyl adjacent to an activating group) is 1. The van der Waals surface area contributed by atoms with Crippen LogP contribution in [0.1, 0.15) is 47.3 Å². The molecule has 4 rings (SSSR count). The van der Waals surface area contributed by atoms with E-state index >= 15 is 0 Å². The summed E-state index contributed by atoms with van der Waals surface area (Å²) >= 11 is 12.3. The number of amides is 3. The quantitative estimate of drug-likeness (QED) is 0.606. The van der Waals surface area contributed by atoms with Crippen molar-refractivity contribution in [1.29, 1.82) is 0 Å². The molecule has 2 heterocycles. The summed E-state index contributed by atoms with van der Waals surface area (Å²) in [6, 6.07) is 10.6. The summed E-state index contributed by atoms with van der Waals surface area (Å²) in [4.78, 5) is 45.6. The SMILES string of the molecule is CCN1C(=O)CN(C(=O)c2ccc(C3=NOC(C)(c4cc(Cl)cc(Cl)c4)C3)cc2C)CC1=O. The summed E-state index contributed by atoms with van der Waals surface area (Å²) in [7, 11) is 0. The van der Waals surface area contributed by atoms with E-state index in [0.29, 0.717) is 28.6 Å². The van der Waals surface area contributed by atoms with Crippen molar-refractivity contribution in [2.24, 2.45) is 5.16 Å². The molecule has 172 valence electrons. The molecule has 1 unspecified atom stereocenters. The van der Waals surface area contributed by atoms with E-state index in [-0.39, 0.29) is 30.8 Å². The molecular formula is C24H23Cl2N3O4. The van der Waals surface area contributed by atoms with Gasteiger partial charge in [0.1, 0.15) is 13.1 Å². The van der Waals surface area contributed by atoms with E-state index in [1.807, 2.05) is 19.9 Å². The number of nitrogens with zero attached hydrogens (tertiary/aromatic N) is 3. The molecule has 0 aliphatic carbocycles. The topological polar surface area (TPSA) is 79.3 Å². The Kier molecular flexibility index (Phi) is 6.20. The molecule has 0 spiro atoms. The minimum absolute atomic E-state index is 0.110. The molecule has 9 heteroatoms. The Morgan fingerprint density at radius 2 is 1.73 bits per heavy atom. The van der Waals surface area contributed by atoms with Crippen molar-refractivity contribution < 1.29 is 19.2 Å². The van der Waals surface area contributed by atoms with Crippen LogP contribution < -0.4 is 0 Å². The van der Waals surface area contributed by atoms with Gasteiger partial charge in [-0.25, -0.2) is 0 Å². The molecular weight excluding hydrogens is 465 g/mol. The minimum atomic E-state index is -0.716. The second-order valence-corrected chi connectivity index (χ2v) is 9.29. The van der Waals surface area contributed by atoms with Gasteiger partial charge in [-0.3, -0.25) is 19.3 Å². The average Bonchev–Trinajstić information content (AvgIpc) is 3.16. The number of rotatable bonds is 4. The maximum atomic E-state index is 13.0. The first kappa shape index (κ1) is 23.3. The first-order chi connectivity index (χ1) is 15.6. The Morgan fingerprint density at radius 3 is 2.30 bits per heavy atom. The molecule has 2 aromatic carbocycles. The van der Waals surface area contributed by atoms with E-state index in [1.54, 1.807) is 37.3 Å². The van der Waals surface area contributed by atoms with Crippen LogP contribution in [0.25, 0.3) is 0 Å². The van der Waals surface area contributed by atoms with Gasteiger partial charge in [-0.15, -0.1) is 0 Å². The standard InChI is InChI=1S/C24H23Cl2N3O4/c1-4-29-21(30)12-28(13-22(29)31)23(32)19-6-5-15(7-14(19)2)20-11-24(3,33-27-20)16-8-17(25)10-18(26)9-16/h5-10H,4,11-13H2,1-3H3. The van der Waals surface area contributed by atoms with Crippen LogP contribution in [0.3, 0.4) is 0 Å². The number of halogens is 2. The van der Waals surface area contributed by atoms with Crippen LogP contribution in [-0.4, -0.2) is 52.9 Å². The van der Waals surface area contributed by atoms with Gasteiger partial charge in [0.25, 0.3) is 5.91 Å². The fourth-order valence-corrected chi connectivity index (χ4v) is 4.68. The highest BCUT2D eigenvalue weighted by Crippen LogP contribution is 2.38. The van der Waals surface area contributed by atoms with Gasteiger partial charge in [0.2, 0.25) is 11.8 Å². The van der Waals surface area contributed by atoms with Crippen LogP contribution in [0.2, 0.25) is 10.0 Å². The Bertz CT molecular complexity index is 1160. The molecule has 2 aromatic rings. The van der Waals surface area contributed by atoms with Crippen LogP contribution in [0.15, 0.2) is 41.6 Å². The summed E-state index contributed by atoms with van der Waals surface area (Å²) in [5.74, 6) is -1.08. The van der Waals surface area contributed by atoms with Gasteiger partial charge >= 0.3 is 0 Å². The van der Waals surface area contributed by atoms with Crippen molar-refractivity contribution in [3.05, 3.63) is 68.7 Å². The molecule has 7 nitrogen and oxygen atoms in total. The highest BCUT2D eigenvalue weighted by Gasteiger charge is 2.38. The summed E-state index contributed by atoms with van der Waals surface area (Å²) in [5.41, 5.74) is 2.82. The van der Waals surface area contributed by atoms with Gasteiger partial charge in [-0.1, -0.05) is 34.4 Å². The van der Waals surface area contributed by atoms with Crippen molar-refractivity contribution in [3.8, 4) is 0 Å². The first-order valence-electron chi connectivity index (χ1n) is 10.6. The van der Waals surface area contributed by atoms with Crippen LogP contribution in [0.4, 0.5) is 0 Å². The van der Waals surface area contributed by atoms with Gasteiger partial charge in [-0.2, -0.15) is 0 Å². The zero-order valence-electron chi connectivity index (χ0n) is 18.5. The van der Waals surface area contributed by atoms with Crippen molar-refractivity contribution >= 4 is 46.6 Å². The van der Waals surface area contributed by atoms with Gasteiger partial charge in [0.05, 0.1) is 5.71 Å². The van der Waals surface area contributed by atoms with E-state index in [2.05, 4.69) is 5.16 Å². The molecule has 0 bridgehead atoms. The van der Waals surface area contributed by atoms with Gasteiger partial charge in [-0.05, 0) is 62.2 Å². The highest BCUT2D eigenvalue weighted by molar-refractivity contribution is 6.34. The van der Waals surface area contributed by atoms with Crippen LogP contribution >= 0.6 is 23.2 Å². The second kappa shape index (κ2) is 8.80. The van der Waals surface area contributed by atoms with E-state index in [1.165, 1.54) is 9.80 Å². The predicted molar refractivity (Wildman–Crippen MR) is 126 cm³/mol. The summed E-state index contributed by atoms with van der Waals surface area (Å²) in [5, 5.41) is 5.32. The van der Waals surface area contributed by atoms with Crippen molar-refractivity contribution in [2.75, 3.05) is 19.6 Å². The number of piperazine rings is 1. The normalized spacial score (nSPS) is 20.7. The van der Waals surface area contributed by atoms with E-state index in [4.69, 9.17) is 28.0 Å². The fraction of sp³-hybridized carbons (Fsp3) is 0.333. The molecule has 0 saturated carbocycles. The number of carbonyl (C=O) groups is 3. The van der Waals surface area contributed by atoms with Crippen LogP contribution in [-0.2, 0) is 20.0 Å². The van der Waals surface area contributed by atoms with E-state index in [0.717, 1.165) is 22.4 Å². The summed E-state index contributed by atoms with van der Waals surface area (Å²) < 4.78 is 0. The number of imide groups is 1. The fourth-order valence-electron chi connectivity index (χ4n) is 4.15. The third-order valence-corrected chi connectivity index (χ3v) is 6.42. The number of aryl methyl sites for hydroxylation is 1. The minimum Gasteiger partial charge on any atom is -0.384 e. The van der Waals surface area contributed by atoms with Gasteiger partial charge in [0, 0.05) is 34.1 Å². The lowest BCUT2D eigenvalue weighted by atomic mass is 9.88. The largest absolute Gasteiger partial charge is 0.384 e. The lowest BCUT2D eigenvalue weighted by molar-refractivity contribution is -0.149. The predicted octanol–water partition coefficient (Wildman–Crippen LogP) is 4.17. The Morgan fingerprint density at radius 1 is 1.09 bits per heavy atom. The Labute approximate surface area is 201 Å². The molecule has 0 radical (unpaired) electrons. The number of oxime groups is 1. The number of benzene rings is 2. The van der Waals surface area contributed by atoms with Crippen molar-refractivity contribution in [2.45, 2.75) is 32.8 Å². The molecule has 2 aliphatic rings. The summed E-state index contributed by atoms with van der Waals surface area (Å²) in [6.07, 6.45) is 0.498. The van der Waals surface area contributed by atoms with Crippen molar-refractivity contribution in [1.82, 2.24) is 9.80 Å². The van der Waals surface area contributed by atoms with E-state index < -0.39 is 5.60 Å². The Balaban J connectivity index is 1.52. The number of hydrogen-bond donors (Lipinski definition) is 0. The van der Waals surface area contributed by atoms with Gasteiger partial charge in [0.15, 0.2) is 5.60 Å². The molecule has 1 fully saturated rings. The molecule has 0 N–H and O–H groups in total. The number of carbonyl (C=O) groups excluding carboxylic acids is 3. The molecule has 0 aromatic heterocycles. The average molecular weight is 488 g/mol. The molecule has 1 atom stereocenters. The summed E-state index contributed by atoms with van der Waals surface area (Å²) in [6.45, 7) is 5.55. The lowest BCUT2D eigenvalue weighted by Crippen LogP contribution is -2.55. The lowest BCUT2D eigenvalue weighted by Gasteiger charge is -2.32. The van der Waals surface area contributed by atoms with Gasteiger partial charge < -0.3 is 9.74 Å². The maximum absolute atomic E-state index is 13.0. The molecule has 1 saturated heterocycles.